The van der Waals surface area contributed by atoms with Crippen molar-refractivity contribution in [2.24, 2.45) is 0 Å². The molecule has 0 atom stereocenters. The molecule has 0 bridgehead atoms. The second-order valence-corrected chi connectivity index (χ2v) is 22.4. The lowest BCUT2D eigenvalue weighted by atomic mass is 11.3. The molecule has 0 heterocycles. The van der Waals surface area contributed by atoms with Crippen LogP contribution >= 0.6 is 0 Å². The molecule has 0 aromatic carbocycles. The molecule has 0 unspecified atom stereocenters. The van der Waals surface area contributed by atoms with Crippen LogP contribution in [0.4, 0.5) is 0 Å². The fourth-order valence-electron chi connectivity index (χ4n) is 1.33. The number of rotatable bonds is 9. The van der Waals surface area contributed by atoms with Gasteiger partial charge in [0.1, 0.15) is 0 Å². The summed E-state index contributed by atoms with van der Waals surface area (Å²) in [5.74, 6) is 0. The Morgan fingerprint density at radius 3 is 1.84 bits per heavy atom. The Hall–Kier alpha value is 0.664. The van der Waals surface area contributed by atoms with E-state index in [2.05, 4.69) is 59.0 Å². The average molecular weight is 352 g/mol. The normalized spacial score (nSPS) is 13.9. The van der Waals surface area contributed by atoms with Gasteiger partial charge in [-0.15, -0.1) is 6.58 Å². The molecule has 0 aliphatic carbocycles. The van der Waals surface area contributed by atoms with E-state index >= 15 is 0 Å². The van der Waals surface area contributed by atoms with Crippen molar-refractivity contribution in [1.29, 1.82) is 0 Å². The Morgan fingerprint density at radius 1 is 0.947 bits per heavy atom. The van der Waals surface area contributed by atoms with Crippen molar-refractivity contribution < 1.29 is 16.5 Å². The quantitative estimate of drug-likeness (QED) is 0.598. The van der Waals surface area contributed by atoms with Crippen LogP contribution in [-0.4, -0.2) is 44.5 Å². The first-order valence-electron chi connectivity index (χ1n) is 6.33. The van der Waals surface area contributed by atoms with Crippen molar-refractivity contribution in [3.63, 3.8) is 0 Å². The lowest BCUT2D eigenvalue weighted by molar-refractivity contribution is 0.352. The first kappa shape index (κ1) is 19.7. The fourth-order valence-corrected chi connectivity index (χ4v) is 13.1. The third kappa shape index (κ3) is 12.1. The molecule has 19 heavy (non-hydrogen) atoms. The lowest BCUT2D eigenvalue weighted by Crippen LogP contribution is -2.46. The summed E-state index contributed by atoms with van der Waals surface area (Å²) in [7, 11) is -6.69. The summed E-state index contributed by atoms with van der Waals surface area (Å²) < 4.78 is 23.5. The highest BCUT2D eigenvalue weighted by molar-refractivity contribution is 6.83. The molecular weight excluding hydrogens is 325 g/mol. The Kier molecular flexibility index (Phi) is 7.88. The van der Waals surface area contributed by atoms with Gasteiger partial charge in [0.25, 0.3) is 0 Å². The zero-order valence-electron chi connectivity index (χ0n) is 13.4. The van der Waals surface area contributed by atoms with Crippen molar-refractivity contribution in [1.82, 2.24) is 0 Å². The molecule has 9 heteroatoms. The van der Waals surface area contributed by atoms with Crippen LogP contribution < -0.4 is 0 Å². The van der Waals surface area contributed by atoms with E-state index in [0.29, 0.717) is 0 Å². The molecule has 111 valence electrons. The first-order chi connectivity index (χ1) is 8.35. The molecule has 0 rings (SSSR count). The highest BCUT2D eigenvalue weighted by Gasteiger charge is 2.32. The van der Waals surface area contributed by atoms with E-state index in [-0.39, 0.29) is 10.0 Å². The monoisotopic (exact) mass is 351 g/mol. The maximum Gasteiger partial charge on any atom is 0.413 e. The van der Waals surface area contributed by atoms with E-state index < -0.39 is 34.5 Å². The van der Waals surface area contributed by atoms with Crippen LogP contribution in [0.2, 0.25) is 52.4 Å². The predicted molar refractivity (Wildman–Crippen MR) is 90.2 cm³/mol. The van der Waals surface area contributed by atoms with Gasteiger partial charge in [-0.05, 0) is 58.1 Å². The molecule has 4 nitrogen and oxygen atoms in total. The van der Waals surface area contributed by atoms with Gasteiger partial charge in [0.2, 0.25) is 0 Å². The highest BCUT2D eigenvalue weighted by atomic mass is 28.5. The molecule has 0 spiro atoms. The molecule has 0 N–H and O–H groups in total. The van der Waals surface area contributed by atoms with Crippen LogP contribution in [-0.2, 0) is 16.5 Å². The van der Waals surface area contributed by atoms with E-state index in [1.807, 2.05) is 0 Å². The van der Waals surface area contributed by atoms with Gasteiger partial charge in [-0.3, -0.25) is 0 Å². The SMILES string of the molecule is C=C[Si](O[Si]O[Si](C)(C)O[Si](C)(C)C)O[Si](C)(C)C. The van der Waals surface area contributed by atoms with E-state index in [1.165, 1.54) is 0 Å². The van der Waals surface area contributed by atoms with E-state index in [4.69, 9.17) is 16.5 Å². The molecule has 0 fully saturated rings. The zero-order valence-corrected chi connectivity index (χ0v) is 18.4. The second-order valence-electron chi connectivity index (χ2n) is 6.64. The third-order valence-electron chi connectivity index (χ3n) is 1.56. The van der Waals surface area contributed by atoms with Crippen LogP contribution in [0.25, 0.3) is 0 Å². The van der Waals surface area contributed by atoms with Gasteiger partial charge in [-0.2, -0.15) is 0 Å². The molecule has 3 radical (unpaired) electrons. The maximum absolute atomic E-state index is 6.08. The molecule has 0 aliphatic heterocycles. The van der Waals surface area contributed by atoms with Crippen molar-refractivity contribution in [3.8, 4) is 0 Å². The van der Waals surface area contributed by atoms with Crippen LogP contribution in [0.1, 0.15) is 0 Å². The minimum atomic E-state index is -2.09. The second kappa shape index (κ2) is 7.61. The van der Waals surface area contributed by atoms with Crippen molar-refractivity contribution >= 4 is 44.5 Å². The Balaban J connectivity index is 4.16. The first-order valence-corrected chi connectivity index (χ1v) is 18.2. The van der Waals surface area contributed by atoms with Crippen molar-refractivity contribution in [2.45, 2.75) is 52.4 Å². The molecule has 0 saturated heterocycles. The van der Waals surface area contributed by atoms with Gasteiger partial charge in [-0.25, -0.2) is 0 Å². The fraction of sp³-hybridized carbons (Fsp3) is 0.800. The summed E-state index contributed by atoms with van der Waals surface area (Å²) in [5.41, 5.74) is 1.77. The molecule has 0 saturated carbocycles. The van der Waals surface area contributed by atoms with Gasteiger partial charge in [0.15, 0.2) is 16.6 Å². The average Bonchev–Trinajstić information content (AvgIpc) is 2.09. The largest absolute Gasteiger partial charge is 0.437 e. The maximum atomic E-state index is 6.08. The summed E-state index contributed by atoms with van der Waals surface area (Å²) in [4.78, 5) is 0. The molecule has 0 aromatic rings. The minimum Gasteiger partial charge on any atom is -0.437 e. The predicted octanol–water partition coefficient (Wildman–Crippen LogP) is 3.17. The molecule has 0 amide bonds. The minimum absolute atomic E-state index is 0.0273. The van der Waals surface area contributed by atoms with Gasteiger partial charge in [-0.1, -0.05) is 0 Å². The van der Waals surface area contributed by atoms with Gasteiger partial charge >= 0.3 is 27.9 Å². The summed E-state index contributed by atoms with van der Waals surface area (Å²) in [6.07, 6.45) is 0. The third-order valence-corrected chi connectivity index (χ3v) is 13.0. The Bertz CT molecular complexity index is 285. The molecule has 0 aromatic heterocycles. The van der Waals surface area contributed by atoms with Crippen LogP contribution in [0.3, 0.4) is 0 Å². The topological polar surface area (TPSA) is 36.9 Å². The molecule has 0 aliphatic rings. The van der Waals surface area contributed by atoms with Gasteiger partial charge in [0.05, 0.1) is 0 Å². The van der Waals surface area contributed by atoms with Crippen LogP contribution in [0.5, 0.6) is 0 Å². The van der Waals surface area contributed by atoms with Crippen molar-refractivity contribution in [2.75, 3.05) is 0 Å². The summed E-state index contributed by atoms with van der Waals surface area (Å²) in [6, 6.07) is 0. The Morgan fingerprint density at radius 2 is 1.47 bits per heavy atom. The highest BCUT2D eigenvalue weighted by Crippen LogP contribution is 2.15. The summed E-state index contributed by atoms with van der Waals surface area (Å²) in [5, 5.41) is 0. The summed E-state index contributed by atoms with van der Waals surface area (Å²) >= 11 is 0. The van der Waals surface area contributed by atoms with E-state index in [1.54, 1.807) is 5.70 Å². The van der Waals surface area contributed by atoms with Crippen LogP contribution in [0, 0.1) is 0 Å². The Labute approximate surface area is 125 Å². The number of hydrogen-bond acceptors (Lipinski definition) is 4. The van der Waals surface area contributed by atoms with Gasteiger partial charge in [0, 0.05) is 0 Å². The van der Waals surface area contributed by atoms with E-state index in [9.17, 15) is 0 Å². The van der Waals surface area contributed by atoms with E-state index in [0.717, 1.165) is 0 Å². The standard InChI is InChI=1S/C10H27O4Si5/c1-10-16(13-17(2,3)4)11-15-12-19(8,9)14-18(5,6)7/h10H,1H2,2-9H3. The smallest absolute Gasteiger partial charge is 0.413 e. The van der Waals surface area contributed by atoms with Gasteiger partial charge < -0.3 is 16.5 Å². The lowest BCUT2D eigenvalue weighted by Gasteiger charge is -2.31. The zero-order chi connectivity index (χ0) is 15.3. The van der Waals surface area contributed by atoms with Crippen LogP contribution in [0.15, 0.2) is 12.3 Å². The summed E-state index contributed by atoms with van der Waals surface area (Å²) in [6.45, 7) is 20.8. The number of hydrogen-bond donors (Lipinski definition) is 0. The molecular formula is C10H27O4Si5. The van der Waals surface area contributed by atoms with Crippen molar-refractivity contribution in [3.05, 3.63) is 12.3 Å².